The van der Waals surface area contributed by atoms with Crippen molar-refractivity contribution in [2.24, 2.45) is 0 Å². The smallest absolute Gasteiger partial charge is 0.261 e. The van der Waals surface area contributed by atoms with E-state index in [2.05, 4.69) is 5.32 Å². The molecule has 27 heavy (non-hydrogen) atoms. The average Bonchev–Trinajstić information content (AvgIpc) is 2.72. The molecule has 3 nitrogen and oxygen atoms in total. The van der Waals surface area contributed by atoms with Crippen molar-refractivity contribution in [1.82, 2.24) is 5.32 Å². The van der Waals surface area contributed by atoms with Gasteiger partial charge in [0.15, 0.2) is 17.7 Å². The molecule has 0 bridgehead atoms. The zero-order chi connectivity index (χ0) is 19.1. The number of nitrogens with one attached hydrogen (secondary N) is 1. The number of carbonyl (C=O) groups is 1. The lowest BCUT2D eigenvalue weighted by Crippen LogP contribution is -2.40. The molecule has 0 spiro atoms. The van der Waals surface area contributed by atoms with Crippen LogP contribution < -0.4 is 10.1 Å². The lowest BCUT2D eigenvalue weighted by atomic mass is 9.98. The summed E-state index contributed by atoms with van der Waals surface area (Å²) >= 11 is 0. The summed E-state index contributed by atoms with van der Waals surface area (Å²) in [4.78, 5) is 12.9. The van der Waals surface area contributed by atoms with Crippen LogP contribution in [0.1, 0.15) is 30.5 Å². The first-order chi connectivity index (χ1) is 13.2. The molecule has 4 heteroatoms. The quantitative estimate of drug-likeness (QED) is 0.649. The fraction of sp³-hybridized carbons (Fsp3) is 0.174. The van der Waals surface area contributed by atoms with Crippen molar-refractivity contribution in [2.75, 3.05) is 0 Å². The Morgan fingerprint density at radius 1 is 0.889 bits per heavy atom. The van der Waals surface area contributed by atoms with Crippen LogP contribution in [0.3, 0.4) is 0 Å². The molecule has 0 unspecified atom stereocenters. The molecule has 0 saturated carbocycles. The molecule has 0 aromatic heterocycles. The number of hydrogen-bond donors (Lipinski definition) is 1. The first kappa shape index (κ1) is 18.6. The lowest BCUT2D eigenvalue weighted by Gasteiger charge is -2.24. The van der Waals surface area contributed by atoms with Crippen molar-refractivity contribution < 1.29 is 13.9 Å². The summed E-state index contributed by atoms with van der Waals surface area (Å²) in [5, 5.41) is 3.05. The molecule has 138 valence electrons. The van der Waals surface area contributed by atoms with Crippen molar-refractivity contribution >= 4 is 5.91 Å². The van der Waals surface area contributed by atoms with Crippen LogP contribution in [0.15, 0.2) is 84.9 Å². The number of amides is 1. The molecule has 3 rings (SSSR count). The second-order valence-corrected chi connectivity index (χ2v) is 6.21. The van der Waals surface area contributed by atoms with Crippen LogP contribution in [0.5, 0.6) is 5.75 Å². The summed E-state index contributed by atoms with van der Waals surface area (Å²) in [6.07, 6.45) is -0.354. The minimum Gasteiger partial charge on any atom is -0.478 e. The lowest BCUT2D eigenvalue weighted by molar-refractivity contribution is -0.128. The van der Waals surface area contributed by atoms with E-state index in [0.717, 1.165) is 11.1 Å². The van der Waals surface area contributed by atoms with Crippen LogP contribution in [0.25, 0.3) is 0 Å². The summed E-state index contributed by atoms with van der Waals surface area (Å²) in [6, 6.07) is 25.3. The van der Waals surface area contributed by atoms with E-state index in [1.165, 1.54) is 12.1 Å². The van der Waals surface area contributed by atoms with Crippen molar-refractivity contribution in [3.63, 3.8) is 0 Å². The maximum absolute atomic E-state index is 13.9. The molecule has 0 saturated heterocycles. The normalized spacial score (nSPS) is 11.8. The number of hydrogen-bond acceptors (Lipinski definition) is 2. The molecule has 0 aliphatic heterocycles. The first-order valence-electron chi connectivity index (χ1n) is 9.00. The van der Waals surface area contributed by atoms with Gasteiger partial charge in [0, 0.05) is 0 Å². The second kappa shape index (κ2) is 8.99. The molecule has 3 aromatic rings. The number of para-hydroxylation sites is 1. The van der Waals surface area contributed by atoms with Gasteiger partial charge in [0.25, 0.3) is 5.91 Å². The molecule has 0 radical (unpaired) electrons. The van der Waals surface area contributed by atoms with Gasteiger partial charge in [-0.25, -0.2) is 4.39 Å². The van der Waals surface area contributed by atoms with Crippen LogP contribution in [-0.4, -0.2) is 12.0 Å². The Morgan fingerprint density at radius 3 is 1.93 bits per heavy atom. The molecule has 3 aromatic carbocycles. The minimum absolute atomic E-state index is 0.0791. The Morgan fingerprint density at radius 2 is 1.41 bits per heavy atom. The van der Waals surface area contributed by atoms with E-state index in [1.807, 2.05) is 67.6 Å². The molecule has 0 aliphatic rings. The van der Waals surface area contributed by atoms with E-state index >= 15 is 0 Å². The average molecular weight is 363 g/mol. The third-order valence-corrected chi connectivity index (χ3v) is 4.32. The molecular formula is C23H22FNO2. The summed E-state index contributed by atoms with van der Waals surface area (Å²) < 4.78 is 19.5. The zero-order valence-electron chi connectivity index (χ0n) is 15.1. The van der Waals surface area contributed by atoms with Gasteiger partial charge in [-0.2, -0.15) is 0 Å². The Labute approximate surface area is 158 Å². The monoisotopic (exact) mass is 363 g/mol. The molecule has 1 N–H and O–H groups in total. The van der Waals surface area contributed by atoms with Gasteiger partial charge in [-0.3, -0.25) is 4.79 Å². The third-order valence-electron chi connectivity index (χ3n) is 4.32. The van der Waals surface area contributed by atoms with Crippen LogP contribution in [0.4, 0.5) is 4.39 Å². The van der Waals surface area contributed by atoms with Crippen molar-refractivity contribution in [3.05, 3.63) is 102 Å². The van der Waals surface area contributed by atoms with E-state index in [0.29, 0.717) is 6.42 Å². The third kappa shape index (κ3) is 4.73. The molecule has 1 amide bonds. The molecule has 0 heterocycles. The Balaban J connectivity index is 1.82. The Bertz CT molecular complexity index is 828. The van der Waals surface area contributed by atoms with E-state index < -0.39 is 11.9 Å². The highest BCUT2D eigenvalue weighted by Gasteiger charge is 2.24. The number of rotatable bonds is 7. The van der Waals surface area contributed by atoms with Gasteiger partial charge in [-0.15, -0.1) is 0 Å². The predicted molar refractivity (Wildman–Crippen MR) is 104 cm³/mol. The van der Waals surface area contributed by atoms with Crippen molar-refractivity contribution in [3.8, 4) is 5.75 Å². The highest BCUT2D eigenvalue weighted by Crippen LogP contribution is 2.23. The molecular weight excluding hydrogens is 341 g/mol. The molecule has 0 aliphatic carbocycles. The summed E-state index contributed by atoms with van der Waals surface area (Å²) in [6.45, 7) is 1.84. The number of benzene rings is 3. The number of ether oxygens (including phenoxy) is 1. The predicted octanol–water partition coefficient (Wildman–Crippen LogP) is 4.89. The maximum Gasteiger partial charge on any atom is 0.261 e. The minimum atomic E-state index is -0.781. The highest BCUT2D eigenvalue weighted by molar-refractivity contribution is 5.82. The summed E-state index contributed by atoms with van der Waals surface area (Å²) in [5.74, 6) is -0.680. The van der Waals surface area contributed by atoms with Crippen LogP contribution in [0, 0.1) is 5.82 Å². The Hall–Kier alpha value is -3.14. The fourth-order valence-corrected chi connectivity index (χ4v) is 2.90. The van der Waals surface area contributed by atoms with E-state index in [4.69, 9.17) is 4.74 Å². The SMILES string of the molecule is CC[C@@H](Oc1ccccc1F)C(=O)NC(c1ccccc1)c1ccccc1. The number of halogens is 1. The van der Waals surface area contributed by atoms with Gasteiger partial charge in [-0.1, -0.05) is 79.7 Å². The molecule has 0 fully saturated rings. The van der Waals surface area contributed by atoms with Gasteiger partial charge < -0.3 is 10.1 Å². The topological polar surface area (TPSA) is 38.3 Å². The summed E-state index contributed by atoms with van der Waals surface area (Å²) in [5.41, 5.74) is 1.94. The van der Waals surface area contributed by atoms with Crippen LogP contribution >= 0.6 is 0 Å². The standard InChI is InChI=1S/C23H22FNO2/c1-2-20(27-21-16-10-9-15-19(21)24)23(26)25-22(17-11-5-3-6-12-17)18-13-7-4-8-14-18/h3-16,20,22H,2H2,1H3,(H,25,26)/t20-/m1/s1. The summed E-state index contributed by atoms with van der Waals surface area (Å²) in [7, 11) is 0. The van der Waals surface area contributed by atoms with Gasteiger partial charge in [0.1, 0.15) is 0 Å². The fourth-order valence-electron chi connectivity index (χ4n) is 2.90. The van der Waals surface area contributed by atoms with Gasteiger partial charge >= 0.3 is 0 Å². The Kier molecular flexibility index (Phi) is 6.21. The highest BCUT2D eigenvalue weighted by atomic mass is 19.1. The largest absolute Gasteiger partial charge is 0.478 e. The first-order valence-corrected chi connectivity index (χ1v) is 9.00. The van der Waals surface area contributed by atoms with Crippen molar-refractivity contribution in [2.45, 2.75) is 25.5 Å². The van der Waals surface area contributed by atoms with E-state index in [9.17, 15) is 9.18 Å². The van der Waals surface area contributed by atoms with Gasteiger partial charge in [-0.05, 0) is 29.7 Å². The van der Waals surface area contributed by atoms with Gasteiger partial charge in [0.2, 0.25) is 0 Å². The van der Waals surface area contributed by atoms with Crippen molar-refractivity contribution in [1.29, 1.82) is 0 Å². The zero-order valence-corrected chi connectivity index (χ0v) is 15.1. The van der Waals surface area contributed by atoms with Gasteiger partial charge in [0.05, 0.1) is 6.04 Å². The number of carbonyl (C=O) groups excluding carboxylic acids is 1. The van der Waals surface area contributed by atoms with Crippen LogP contribution in [-0.2, 0) is 4.79 Å². The van der Waals surface area contributed by atoms with E-state index in [1.54, 1.807) is 12.1 Å². The molecule has 1 atom stereocenters. The second-order valence-electron chi connectivity index (χ2n) is 6.21. The van der Waals surface area contributed by atoms with E-state index in [-0.39, 0.29) is 17.7 Å². The maximum atomic E-state index is 13.9. The van der Waals surface area contributed by atoms with Crippen LogP contribution in [0.2, 0.25) is 0 Å².